The Morgan fingerprint density at radius 2 is 2.05 bits per heavy atom. The number of nitrogens with zero attached hydrogens (tertiary/aromatic N) is 1. The lowest BCUT2D eigenvalue weighted by Crippen LogP contribution is -2.26. The first-order valence-electron chi connectivity index (χ1n) is 7.52. The highest BCUT2D eigenvalue weighted by Crippen LogP contribution is 2.22. The number of unbranched alkanes of at least 4 members (excludes halogenated alkanes) is 2. The van der Waals surface area contributed by atoms with E-state index < -0.39 is 5.97 Å². The summed E-state index contributed by atoms with van der Waals surface area (Å²) in [5, 5.41) is 1.14. The number of thiazole rings is 1. The SMILES string of the molecule is CCC(=O)ONC(=O)CCCCCc1nc2ccccc2s1. The summed E-state index contributed by atoms with van der Waals surface area (Å²) in [6.07, 6.45) is 4.29. The van der Waals surface area contributed by atoms with Gasteiger partial charge in [-0.15, -0.1) is 11.3 Å². The van der Waals surface area contributed by atoms with Crippen LogP contribution in [-0.2, 0) is 20.8 Å². The van der Waals surface area contributed by atoms with Crippen molar-refractivity contribution in [3.8, 4) is 0 Å². The van der Waals surface area contributed by atoms with Crippen molar-refractivity contribution in [1.82, 2.24) is 10.5 Å². The molecule has 0 saturated heterocycles. The van der Waals surface area contributed by atoms with E-state index in [1.54, 1.807) is 18.3 Å². The lowest BCUT2D eigenvalue weighted by molar-refractivity contribution is -0.158. The molecule has 0 atom stereocenters. The molecule has 0 unspecified atom stereocenters. The zero-order valence-electron chi connectivity index (χ0n) is 12.6. The molecule has 0 radical (unpaired) electrons. The zero-order valence-corrected chi connectivity index (χ0v) is 13.4. The standard InChI is InChI=1S/C16H20N2O3S/c1-2-16(20)21-18-14(19)10-4-3-5-11-15-17-12-8-6-7-9-13(12)22-15/h6-9H,2-5,10-11H2,1H3,(H,18,19). The highest BCUT2D eigenvalue weighted by Gasteiger charge is 2.06. The number of para-hydroxylation sites is 1. The number of aromatic nitrogens is 1. The first-order valence-corrected chi connectivity index (χ1v) is 8.33. The second-order valence-electron chi connectivity index (χ2n) is 4.99. The van der Waals surface area contributed by atoms with E-state index in [0.717, 1.165) is 36.2 Å². The molecule has 1 amide bonds. The number of amides is 1. The van der Waals surface area contributed by atoms with Crippen LogP contribution < -0.4 is 5.48 Å². The highest BCUT2D eigenvalue weighted by atomic mass is 32.1. The third-order valence-corrected chi connectivity index (χ3v) is 4.30. The van der Waals surface area contributed by atoms with E-state index in [-0.39, 0.29) is 12.3 Å². The minimum Gasteiger partial charge on any atom is -0.341 e. The van der Waals surface area contributed by atoms with Gasteiger partial charge in [-0.3, -0.25) is 4.79 Å². The number of nitrogens with one attached hydrogen (secondary N) is 1. The summed E-state index contributed by atoms with van der Waals surface area (Å²) in [6.45, 7) is 1.68. The molecule has 0 aliphatic carbocycles. The smallest absolute Gasteiger partial charge is 0.331 e. The lowest BCUT2D eigenvalue weighted by atomic mass is 10.1. The van der Waals surface area contributed by atoms with Gasteiger partial charge >= 0.3 is 5.97 Å². The Morgan fingerprint density at radius 1 is 1.23 bits per heavy atom. The molecule has 0 bridgehead atoms. The van der Waals surface area contributed by atoms with Crippen LogP contribution in [0.5, 0.6) is 0 Å². The molecule has 0 fully saturated rings. The van der Waals surface area contributed by atoms with Crippen molar-refractivity contribution in [3.05, 3.63) is 29.3 Å². The Morgan fingerprint density at radius 3 is 2.82 bits per heavy atom. The van der Waals surface area contributed by atoms with Crippen LogP contribution in [0.2, 0.25) is 0 Å². The molecule has 2 aromatic rings. The van der Waals surface area contributed by atoms with E-state index in [2.05, 4.69) is 21.4 Å². The molecule has 1 aromatic heterocycles. The quantitative estimate of drug-likeness (QED) is 0.627. The van der Waals surface area contributed by atoms with Gasteiger partial charge in [0.05, 0.1) is 15.2 Å². The Labute approximate surface area is 133 Å². The number of carbonyl (C=O) groups excluding carboxylic acids is 2. The second-order valence-corrected chi connectivity index (χ2v) is 6.10. The van der Waals surface area contributed by atoms with Crippen molar-refractivity contribution in [2.75, 3.05) is 0 Å². The van der Waals surface area contributed by atoms with E-state index in [1.807, 2.05) is 18.2 Å². The zero-order chi connectivity index (χ0) is 15.8. The van der Waals surface area contributed by atoms with Crippen LogP contribution in [0.1, 0.15) is 44.0 Å². The number of hydroxylamine groups is 1. The second kappa shape index (κ2) is 8.48. The summed E-state index contributed by atoms with van der Waals surface area (Å²) >= 11 is 1.73. The van der Waals surface area contributed by atoms with E-state index in [4.69, 9.17) is 0 Å². The first kappa shape index (κ1) is 16.4. The Balaban J connectivity index is 1.61. The summed E-state index contributed by atoms with van der Waals surface area (Å²) < 4.78 is 1.22. The summed E-state index contributed by atoms with van der Waals surface area (Å²) in [6, 6.07) is 8.12. The van der Waals surface area contributed by atoms with Crippen molar-refractivity contribution in [3.63, 3.8) is 0 Å². The fourth-order valence-corrected chi connectivity index (χ4v) is 3.01. The van der Waals surface area contributed by atoms with Gasteiger partial charge in [-0.05, 0) is 31.4 Å². The maximum absolute atomic E-state index is 11.4. The largest absolute Gasteiger partial charge is 0.341 e. The van der Waals surface area contributed by atoms with Gasteiger partial charge in [0.15, 0.2) is 0 Å². The van der Waals surface area contributed by atoms with Gasteiger partial charge in [-0.2, -0.15) is 5.48 Å². The average molecular weight is 320 g/mol. The summed E-state index contributed by atoms with van der Waals surface area (Å²) in [4.78, 5) is 31.4. The van der Waals surface area contributed by atoms with Crippen LogP contribution in [0.4, 0.5) is 0 Å². The molecule has 0 aliphatic heterocycles. The van der Waals surface area contributed by atoms with Crippen LogP contribution >= 0.6 is 11.3 Å². The van der Waals surface area contributed by atoms with Crippen molar-refractivity contribution in [1.29, 1.82) is 0 Å². The van der Waals surface area contributed by atoms with Gasteiger partial charge in [0.2, 0.25) is 0 Å². The topological polar surface area (TPSA) is 68.3 Å². The number of fused-ring (bicyclic) bond motifs is 1. The fraction of sp³-hybridized carbons (Fsp3) is 0.438. The first-order chi connectivity index (χ1) is 10.7. The van der Waals surface area contributed by atoms with E-state index in [1.165, 1.54) is 4.70 Å². The molecule has 118 valence electrons. The highest BCUT2D eigenvalue weighted by molar-refractivity contribution is 7.18. The number of rotatable bonds is 7. The van der Waals surface area contributed by atoms with Gasteiger partial charge in [-0.1, -0.05) is 25.5 Å². The van der Waals surface area contributed by atoms with Gasteiger partial charge in [0, 0.05) is 12.8 Å². The third kappa shape index (κ3) is 5.11. The van der Waals surface area contributed by atoms with Crippen molar-refractivity contribution < 1.29 is 14.4 Å². The maximum atomic E-state index is 11.4. The van der Waals surface area contributed by atoms with Crippen LogP contribution in [0.15, 0.2) is 24.3 Å². The molecule has 1 heterocycles. The van der Waals surface area contributed by atoms with Gasteiger partial charge in [0.25, 0.3) is 5.91 Å². The van der Waals surface area contributed by atoms with Gasteiger partial charge < -0.3 is 4.84 Å². The van der Waals surface area contributed by atoms with Crippen molar-refractivity contribution >= 4 is 33.4 Å². The fourth-order valence-electron chi connectivity index (χ4n) is 2.00. The number of carbonyl (C=O) groups is 2. The van der Waals surface area contributed by atoms with Crippen LogP contribution in [0.25, 0.3) is 10.2 Å². The molecule has 0 spiro atoms. The molecular formula is C16H20N2O3S. The molecule has 1 N–H and O–H groups in total. The number of hydrogen-bond donors (Lipinski definition) is 1. The van der Waals surface area contributed by atoms with Crippen LogP contribution in [0, 0.1) is 0 Å². The molecule has 6 heteroatoms. The number of hydrogen-bond acceptors (Lipinski definition) is 5. The summed E-state index contributed by atoms with van der Waals surface area (Å²) in [5.41, 5.74) is 3.22. The van der Waals surface area contributed by atoms with E-state index in [9.17, 15) is 9.59 Å². The van der Waals surface area contributed by atoms with E-state index >= 15 is 0 Å². The summed E-state index contributed by atoms with van der Waals surface area (Å²) in [7, 11) is 0. The molecule has 22 heavy (non-hydrogen) atoms. The predicted molar refractivity (Wildman–Crippen MR) is 86.3 cm³/mol. The molecule has 5 nitrogen and oxygen atoms in total. The predicted octanol–water partition coefficient (Wildman–Crippen LogP) is 3.38. The molecular weight excluding hydrogens is 300 g/mol. The third-order valence-electron chi connectivity index (χ3n) is 3.20. The minimum absolute atomic E-state index is 0.248. The van der Waals surface area contributed by atoms with Crippen LogP contribution in [-0.4, -0.2) is 16.9 Å². The molecule has 0 aliphatic rings. The molecule has 1 aromatic carbocycles. The normalized spacial score (nSPS) is 10.6. The Hall–Kier alpha value is -1.95. The Kier molecular flexibility index (Phi) is 6.33. The molecule has 0 saturated carbocycles. The average Bonchev–Trinajstić information content (AvgIpc) is 2.94. The number of aryl methyl sites for hydroxylation is 1. The number of benzene rings is 1. The van der Waals surface area contributed by atoms with Crippen molar-refractivity contribution in [2.45, 2.75) is 45.4 Å². The lowest BCUT2D eigenvalue weighted by Gasteiger charge is -2.04. The summed E-state index contributed by atoms with van der Waals surface area (Å²) in [5.74, 6) is -0.675. The molecule has 2 rings (SSSR count). The van der Waals surface area contributed by atoms with Crippen LogP contribution in [0.3, 0.4) is 0 Å². The van der Waals surface area contributed by atoms with E-state index in [0.29, 0.717) is 6.42 Å². The van der Waals surface area contributed by atoms with Crippen molar-refractivity contribution in [2.24, 2.45) is 0 Å². The van der Waals surface area contributed by atoms with Gasteiger partial charge in [0.1, 0.15) is 0 Å². The Bertz CT molecular complexity index is 606. The minimum atomic E-state index is -0.427. The van der Waals surface area contributed by atoms with Gasteiger partial charge in [-0.25, -0.2) is 9.78 Å². The monoisotopic (exact) mass is 320 g/mol. The maximum Gasteiger partial charge on any atom is 0.331 e.